The maximum atomic E-state index is 12.5. The topological polar surface area (TPSA) is 55.9 Å². The van der Waals surface area contributed by atoms with Crippen LogP contribution in [0.4, 0.5) is 0 Å². The number of nitrogens with zero attached hydrogens (tertiary/aromatic N) is 1. The minimum Gasteiger partial charge on any atom is -0.540 e. The standard InChI is InChI=1S/C19H14N2O2/c22-19-17-16-14(13-8-4-5-9-15(13)20-16)10-11-21(17)18(23-19)12-6-2-1-3-7-12/h1-9,20H,10-11H2. The molecule has 0 fully saturated rings. The molecule has 0 unspecified atom stereocenters. The maximum Gasteiger partial charge on any atom is 0.270 e. The summed E-state index contributed by atoms with van der Waals surface area (Å²) in [6, 6.07) is 18.0. The molecule has 1 aliphatic rings. The highest BCUT2D eigenvalue weighted by Gasteiger charge is 2.32. The highest BCUT2D eigenvalue weighted by molar-refractivity contribution is 5.90. The average molecular weight is 302 g/mol. The Bertz CT molecular complexity index is 1030. The van der Waals surface area contributed by atoms with Crippen LogP contribution in [0.2, 0.25) is 0 Å². The normalized spacial score (nSPS) is 13.0. The Hall–Kier alpha value is -3.01. The Morgan fingerprint density at radius 2 is 1.78 bits per heavy atom. The van der Waals surface area contributed by atoms with E-state index in [1.165, 1.54) is 10.9 Å². The van der Waals surface area contributed by atoms with Gasteiger partial charge < -0.3 is 14.5 Å². The van der Waals surface area contributed by atoms with Crippen LogP contribution in [0.15, 0.2) is 59.0 Å². The van der Waals surface area contributed by atoms with Crippen LogP contribution in [0.3, 0.4) is 0 Å². The second-order valence-corrected chi connectivity index (χ2v) is 5.84. The Morgan fingerprint density at radius 1 is 1.00 bits per heavy atom. The van der Waals surface area contributed by atoms with E-state index in [9.17, 15) is 5.11 Å². The van der Waals surface area contributed by atoms with E-state index in [2.05, 4.69) is 11.1 Å². The molecule has 0 saturated carbocycles. The fraction of sp³-hybridized carbons (Fsp3) is 0.105. The van der Waals surface area contributed by atoms with Gasteiger partial charge in [0.2, 0.25) is 0 Å². The molecule has 4 heteroatoms. The predicted octanol–water partition coefficient (Wildman–Crippen LogP) is 3.01. The number of nitrogens with one attached hydrogen (secondary N) is 1. The third-order valence-corrected chi connectivity index (χ3v) is 4.55. The van der Waals surface area contributed by atoms with Gasteiger partial charge in [-0.1, -0.05) is 36.4 Å². The number of aryl methyl sites for hydroxylation is 1. The Balaban J connectivity index is 1.79. The van der Waals surface area contributed by atoms with E-state index in [0.717, 1.165) is 29.7 Å². The van der Waals surface area contributed by atoms with Crippen LogP contribution in [-0.2, 0) is 13.0 Å². The van der Waals surface area contributed by atoms with E-state index >= 15 is 0 Å². The number of rotatable bonds is 1. The van der Waals surface area contributed by atoms with E-state index in [4.69, 9.17) is 4.42 Å². The van der Waals surface area contributed by atoms with Gasteiger partial charge in [0.25, 0.3) is 11.6 Å². The average Bonchev–Trinajstić information content (AvgIpc) is 3.13. The second-order valence-electron chi connectivity index (χ2n) is 5.84. The summed E-state index contributed by atoms with van der Waals surface area (Å²) in [5.41, 5.74) is 4.72. The van der Waals surface area contributed by atoms with E-state index in [-0.39, 0.29) is 5.95 Å². The van der Waals surface area contributed by atoms with E-state index in [0.29, 0.717) is 11.6 Å². The minimum absolute atomic E-state index is 0.281. The van der Waals surface area contributed by atoms with Crippen molar-refractivity contribution in [3.8, 4) is 28.8 Å². The lowest BCUT2D eigenvalue weighted by molar-refractivity contribution is -0.679. The molecule has 0 spiro atoms. The molecule has 1 N–H and O–H groups in total. The van der Waals surface area contributed by atoms with Gasteiger partial charge in [-0.25, -0.2) is 0 Å². The zero-order chi connectivity index (χ0) is 15.4. The van der Waals surface area contributed by atoms with E-state index in [1.807, 2.05) is 53.1 Å². The van der Waals surface area contributed by atoms with Crippen molar-refractivity contribution in [1.29, 1.82) is 0 Å². The molecule has 4 nitrogen and oxygen atoms in total. The van der Waals surface area contributed by atoms with Gasteiger partial charge in [0.1, 0.15) is 11.6 Å². The molecule has 3 heterocycles. The fourth-order valence-electron chi connectivity index (χ4n) is 3.53. The van der Waals surface area contributed by atoms with Crippen molar-refractivity contribution in [3.63, 3.8) is 0 Å². The van der Waals surface area contributed by atoms with Crippen molar-refractivity contribution < 1.29 is 14.1 Å². The van der Waals surface area contributed by atoms with Crippen LogP contribution in [0.5, 0.6) is 5.95 Å². The summed E-state index contributed by atoms with van der Waals surface area (Å²) in [5.74, 6) is 0.353. The van der Waals surface area contributed by atoms with Crippen LogP contribution >= 0.6 is 0 Å². The second kappa shape index (κ2) is 4.49. The molecule has 2 aromatic heterocycles. The smallest absolute Gasteiger partial charge is 0.270 e. The van der Waals surface area contributed by atoms with Crippen molar-refractivity contribution >= 4 is 10.9 Å². The zero-order valence-electron chi connectivity index (χ0n) is 12.4. The van der Waals surface area contributed by atoms with Gasteiger partial charge in [-0.15, -0.1) is 0 Å². The van der Waals surface area contributed by atoms with Crippen molar-refractivity contribution in [1.82, 2.24) is 4.98 Å². The molecule has 4 aromatic rings. The number of H-pyrrole nitrogens is 1. The van der Waals surface area contributed by atoms with Crippen molar-refractivity contribution in [2.75, 3.05) is 0 Å². The quantitative estimate of drug-likeness (QED) is 0.550. The molecule has 112 valence electrons. The van der Waals surface area contributed by atoms with Crippen LogP contribution in [0.1, 0.15) is 5.56 Å². The Labute approximate surface area is 132 Å². The van der Waals surface area contributed by atoms with Crippen molar-refractivity contribution in [2.24, 2.45) is 0 Å². The van der Waals surface area contributed by atoms with Gasteiger partial charge in [0, 0.05) is 17.3 Å². The lowest BCUT2D eigenvalue weighted by Gasteiger charge is -2.10. The molecule has 1 aliphatic heterocycles. The number of hydrogen-bond acceptors (Lipinski definition) is 2. The highest BCUT2D eigenvalue weighted by atomic mass is 16.5. The molecule has 5 rings (SSSR count). The summed E-state index contributed by atoms with van der Waals surface area (Å²) in [7, 11) is 0. The number of hydrogen-bond donors (Lipinski definition) is 1. The molecule has 0 saturated heterocycles. The molecular weight excluding hydrogens is 288 g/mol. The van der Waals surface area contributed by atoms with Crippen molar-refractivity contribution in [2.45, 2.75) is 13.0 Å². The molecule has 2 aromatic carbocycles. The first-order valence-corrected chi connectivity index (χ1v) is 7.72. The predicted molar refractivity (Wildman–Crippen MR) is 84.8 cm³/mol. The highest BCUT2D eigenvalue weighted by Crippen LogP contribution is 2.37. The van der Waals surface area contributed by atoms with Gasteiger partial charge in [-0.3, -0.25) is 0 Å². The van der Waals surface area contributed by atoms with E-state index in [1.54, 1.807) is 0 Å². The summed E-state index contributed by atoms with van der Waals surface area (Å²) in [5, 5.41) is 13.7. The van der Waals surface area contributed by atoms with Gasteiger partial charge >= 0.3 is 0 Å². The molecule has 0 amide bonds. The maximum absolute atomic E-state index is 12.5. The number of fused-ring (bicyclic) bond motifs is 5. The number of oxazole rings is 1. The number of aromatic amines is 1. The molecule has 0 atom stereocenters. The van der Waals surface area contributed by atoms with Gasteiger partial charge in [-0.05, 0) is 23.8 Å². The first-order valence-electron chi connectivity index (χ1n) is 7.72. The summed E-state index contributed by atoms with van der Waals surface area (Å²) < 4.78 is 7.59. The van der Waals surface area contributed by atoms with Crippen LogP contribution < -0.4 is 9.67 Å². The number of aromatic nitrogens is 2. The summed E-state index contributed by atoms with van der Waals surface area (Å²) >= 11 is 0. The third-order valence-electron chi connectivity index (χ3n) is 4.55. The summed E-state index contributed by atoms with van der Waals surface area (Å²) in [6.45, 7) is 0.750. The zero-order valence-corrected chi connectivity index (χ0v) is 12.4. The van der Waals surface area contributed by atoms with Crippen molar-refractivity contribution in [3.05, 3.63) is 60.2 Å². The Kier molecular flexibility index (Phi) is 2.45. The third kappa shape index (κ3) is 1.69. The first-order chi connectivity index (χ1) is 11.3. The van der Waals surface area contributed by atoms with Gasteiger partial charge in [-0.2, -0.15) is 4.57 Å². The first kappa shape index (κ1) is 12.5. The monoisotopic (exact) mass is 302 g/mol. The summed E-state index contributed by atoms with van der Waals surface area (Å²) in [4.78, 5) is 3.40. The van der Waals surface area contributed by atoms with Crippen LogP contribution in [0.25, 0.3) is 33.7 Å². The van der Waals surface area contributed by atoms with Crippen LogP contribution in [-0.4, -0.2) is 4.98 Å². The van der Waals surface area contributed by atoms with E-state index < -0.39 is 0 Å². The lowest BCUT2D eigenvalue weighted by Crippen LogP contribution is -2.40. The lowest BCUT2D eigenvalue weighted by atomic mass is 10.0. The molecule has 0 aliphatic carbocycles. The fourth-order valence-corrected chi connectivity index (χ4v) is 3.53. The minimum atomic E-state index is -0.281. The SMILES string of the molecule is [O-]c1oc(-c2ccccc2)[n+]2c1-c1[nH]c3ccccc3c1CC2. The number of benzene rings is 2. The molecule has 23 heavy (non-hydrogen) atoms. The van der Waals surface area contributed by atoms with Gasteiger partial charge in [0.15, 0.2) is 6.54 Å². The molecule has 0 radical (unpaired) electrons. The Morgan fingerprint density at radius 3 is 2.65 bits per heavy atom. The summed E-state index contributed by atoms with van der Waals surface area (Å²) in [6.07, 6.45) is 0.885. The molecular formula is C19H14N2O2. The largest absolute Gasteiger partial charge is 0.540 e. The van der Waals surface area contributed by atoms with Crippen LogP contribution in [0, 0.1) is 0 Å². The molecule has 0 bridgehead atoms. The number of para-hydroxylation sites is 1. The van der Waals surface area contributed by atoms with Gasteiger partial charge in [0.05, 0.1) is 5.56 Å².